The largest absolute Gasteiger partial charge is 0.465 e. The van der Waals surface area contributed by atoms with E-state index in [0.29, 0.717) is 13.0 Å². The summed E-state index contributed by atoms with van der Waals surface area (Å²) >= 11 is 0. The summed E-state index contributed by atoms with van der Waals surface area (Å²) in [4.78, 5) is 28.7. The van der Waals surface area contributed by atoms with E-state index in [1.807, 2.05) is 51.2 Å². The second-order valence-corrected chi connectivity index (χ2v) is 7.55. The van der Waals surface area contributed by atoms with Gasteiger partial charge in [-0.15, -0.1) is 0 Å². The van der Waals surface area contributed by atoms with Crippen molar-refractivity contribution >= 4 is 23.0 Å². The van der Waals surface area contributed by atoms with E-state index < -0.39 is 17.6 Å². The highest BCUT2D eigenvalue weighted by atomic mass is 16.6. The molecule has 0 radical (unpaired) electrons. The number of aromatic nitrogens is 1. The minimum atomic E-state index is -0.995. The number of fused-ring (bicyclic) bond motifs is 1. The van der Waals surface area contributed by atoms with Gasteiger partial charge in [-0.2, -0.15) is 0 Å². The number of carbonyl (C=O) groups excluding carboxylic acids is 1. The van der Waals surface area contributed by atoms with Crippen LogP contribution in [0.15, 0.2) is 30.5 Å². The highest BCUT2D eigenvalue weighted by molar-refractivity contribution is 5.85. The first-order valence-electron chi connectivity index (χ1n) is 8.53. The molecule has 1 saturated heterocycles. The number of piperidine rings is 1. The van der Waals surface area contributed by atoms with Crippen LogP contribution in [0, 0.1) is 5.92 Å². The Morgan fingerprint density at radius 3 is 2.68 bits per heavy atom. The number of para-hydroxylation sites is 1. The van der Waals surface area contributed by atoms with Crippen LogP contribution in [-0.2, 0) is 9.53 Å². The van der Waals surface area contributed by atoms with Crippen LogP contribution >= 0.6 is 0 Å². The van der Waals surface area contributed by atoms with Crippen LogP contribution in [0.5, 0.6) is 0 Å². The first-order valence-corrected chi connectivity index (χ1v) is 8.53. The molecule has 6 nitrogen and oxygen atoms in total. The van der Waals surface area contributed by atoms with Crippen molar-refractivity contribution in [1.82, 2.24) is 9.88 Å². The number of aromatic amines is 1. The molecule has 2 atom stereocenters. The van der Waals surface area contributed by atoms with E-state index in [0.717, 1.165) is 16.5 Å². The molecule has 1 amide bonds. The molecular weight excluding hydrogens is 320 g/mol. The van der Waals surface area contributed by atoms with Gasteiger partial charge in [0.15, 0.2) is 0 Å². The Balaban J connectivity index is 1.95. The van der Waals surface area contributed by atoms with E-state index >= 15 is 0 Å². The number of benzene rings is 1. The molecule has 2 heterocycles. The Morgan fingerprint density at radius 1 is 1.28 bits per heavy atom. The van der Waals surface area contributed by atoms with Crippen molar-refractivity contribution in [3.63, 3.8) is 0 Å². The lowest BCUT2D eigenvalue weighted by Gasteiger charge is -2.37. The molecule has 0 spiro atoms. The molecular formula is C19H24N2O4. The Morgan fingerprint density at radius 2 is 2.00 bits per heavy atom. The minimum absolute atomic E-state index is 0.0680. The topological polar surface area (TPSA) is 82.6 Å². The van der Waals surface area contributed by atoms with Crippen LogP contribution in [0.3, 0.4) is 0 Å². The zero-order chi connectivity index (χ0) is 18.2. The van der Waals surface area contributed by atoms with Gasteiger partial charge in [0.2, 0.25) is 0 Å². The van der Waals surface area contributed by atoms with Crippen molar-refractivity contribution in [2.24, 2.45) is 5.92 Å². The summed E-state index contributed by atoms with van der Waals surface area (Å²) in [5.74, 6) is -0.918. The van der Waals surface area contributed by atoms with Crippen LogP contribution in [0.2, 0.25) is 0 Å². The second kappa shape index (κ2) is 6.43. The van der Waals surface area contributed by atoms with Crippen molar-refractivity contribution in [2.75, 3.05) is 13.1 Å². The van der Waals surface area contributed by atoms with Gasteiger partial charge >= 0.3 is 12.1 Å². The highest BCUT2D eigenvalue weighted by Crippen LogP contribution is 2.38. The smallest absolute Gasteiger partial charge is 0.407 e. The summed E-state index contributed by atoms with van der Waals surface area (Å²) in [6, 6.07) is 7.94. The summed E-state index contributed by atoms with van der Waals surface area (Å²) in [6.45, 7) is 6.05. The van der Waals surface area contributed by atoms with Crippen LogP contribution in [0.25, 0.3) is 10.9 Å². The van der Waals surface area contributed by atoms with E-state index in [1.165, 1.54) is 4.90 Å². The van der Waals surface area contributed by atoms with Crippen molar-refractivity contribution in [3.8, 4) is 0 Å². The minimum Gasteiger partial charge on any atom is -0.465 e. The molecule has 1 aromatic carbocycles. The van der Waals surface area contributed by atoms with Crippen LogP contribution in [0.4, 0.5) is 4.79 Å². The molecule has 134 valence electrons. The van der Waals surface area contributed by atoms with Crippen LogP contribution in [0.1, 0.15) is 38.7 Å². The molecule has 2 aromatic rings. The van der Waals surface area contributed by atoms with Gasteiger partial charge in [0, 0.05) is 36.1 Å². The zero-order valence-corrected chi connectivity index (χ0v) is 14.8. The van der Waals surface area contributed by atoms with Crippen molar-refractivity contribution in [2.45, 2.75) is 38.7 Å². The lowest BCUT2D eigenvalue weighted by Crippen LogP contribution is -2.46. The maximum absolute atomic E-state index is 12.8. The lowest BCUT2D eigenvalue weighted by atomic mass is 9.80. The van der Waals surface area contributed by atoms with Gasteiger partial charge in [0.1, 0.15) is 5.60 Å². The molecule has 25 heavy (non-hydrogen) atoms. The summed E-state index contributed by atoms with van der Waals surface area (Å²) < 4.78 is 5.58. The van der Waals surface area contributed by atoms with Gasteiger partial charge in [-0.05, 0) is 38.8 Å². The average molecular weight is 344 g/mol. The highest BCUT2D eigenvalue weighted by Gasteiger charge is 2.40. The summed E-state index contributed by atoms with van der Waals surface area (Å²) in [7, 11) is 0. The number of ether oxygens (including phenoxy) is 1. The third-order valence-electron chi connectivity index (χ3n) is 4.61. The number of hydrogen-bond donors (Lipinski definition) is 2. The second-order valence-electron chi connectivity index (χ2n) is 7.55. The number of amides is 1. The summed E-state index contributed by atoms with van der Waals surface area (Å²) in [6.07, 6.45) is 1.53. The van der Waals surface area contributed by atoms with Crippen LogP contribution in [-0.4, -0.2) is 45.7 Å². The lowest BCUT2D eigenvalue weighted by molar-refractivity contribution is -0.162. The van der Waals surface area contributed by atoms with E-state index in [4.69, 9.17) is 4.74 Å². The Hall–Kier alpha value is -2.50. The molecule has 0 aliphatic carbocycles. The Labute approximate surface area is 146 Å². The number of nitrogens with one attached hydrogen (secondary N) is 1. The number of rotatable bonds is 2. The summed E-state index contributed by atoms with van der Waals surface area (Å²) in [5, 5.41) is 10.4. The molecule has 2 unspecified atom stereocenters. The molecule has 1 aliphatic rings. The van der Waals surface area contributed by atoms with Gasteiger partial charge in [-0.25, -0.2) is 4.79 Å². The molecule has 0 saturated carbocycles. The standard InChI is InChI=1S/C19H24N2O4/c1-19(2,3)25-17(22)15-11-21(18(23)24)9-8-12(15)14-10-20-16-7-5-4-6-13(14)16/h4-7,10,12,15,20H,8-9,11H2,1-3H3,(H,23,24). The van der Waals surface area contributed by atoms with E-state index in [2.05, 4.69) is 4.98 Å². The number of carboxylic acid groups (broad SMARTS) is 1. The number of carbonyl (C=O) groups is 2. The predicted octanol–water partition coefficient (Wildman–Crippen LogP) is 3.59. The molecule has 1 aliphatic heterocycles. The Bertz CT molecular complexity index is 790. The maximum Gasteiger partial charge on any atom is 0.407 e. The monoisotopic (exact) mass is 344 g/mol. The van der Waals surface area contributed by atoms with E-state index in [9.17, 15) is 14.7 Å². The fourth-order valence-electron chi connectivity index (χ4n) is 3.52. The molecule has 2 N–H and O–H groups in total. The fourth-order valence-corrected chi connectivity index (χ4v) is 3.52. The first-order chi connectivity index (χ1) is 11.8. The fraction of sp³-hybridized carbons (Fsp3) is 0.474. The SMILES string of the molecule is CC(C)(C)OC(=O)C1CN(C(=O)O)CCC1c1c[nH]c2ccccc12. The number of hydrogen-bond acceptors (Lipinski definition) is 3. The molecule has 3 rings (SSSR count). The van der Waals surface area contributed by atoms with Crippen LogP contribution < -0.4 is 0 Å². The molecule has 6 heteroatoms. The third kappa shape index (κ3) is 3.62. The number of nitrogens with zero attached hydrogens (tertiary/aromatic N) is 1. The van der Waals surface area contributed by atoms with Gasteiger partial charge < -0.3 is 19.7 Å². The van der Waals surface area contributed by atoms with Crippen molar-refractivity contribution in [1.29, 1.82) is 0 Å². The predicted molar refractivity (Wildman–Crippen MR) is 94.6 cm³/mol. The average Bonchev–Trinajstić information content (AvgIpc) is 2.96. The van der Waals surface area contributed by atoms with Gasteiger partial charge in [0.05, 0.1) is 5.92 Å². The Kier molecular flexibility index (Phi) is 4.45. The molecule has 0 bridgehead atoms. The van der Waals surface area contributed by atoms with Gasteiger partial charge in [0.25, 0.3) is 0 Å². The van der Waals surface area contributed by atoms with Gasteiger partial charge in [-0.3, -0.25) is 4.79 Å². The number of esters is 1. The normalized spacial score (nSPS) is 21.3. The van der Waals surface area contributed by atoms with E-state index in [-0.39, 0.29) is 18.4 Å². The molecule has 1 fully saturated rings. The quantitative estimate of drug-likeness (QED) is 0.816. The first kappa shape index (κ1) is 17.3. The third-order valence-corrected chi connectivity index (χ3v) is 4.61. The van der Waals surface area contributed by atoms with Crippen molar-refractivity contribution in [3.05, 3.63) is 36.0 Å². The maximum atomic E-state index is 12.8. The van der Waals surface area contributed by atoms with Gasteiger partial charge in [-0.1, -0.05) is 18.2 Å². The summed E-state index contributed by atoms with van der Waals surface area (Å²) in [5.41, 5.74) is 1.46. The zero-order valence-electron chi connectivity index (χ0n) is 14.8. The molecule has 1 aromatic heterocycles. The number of H-pyrrole nitrogens is 1. The van der Waals surface area contributed by atoms with Crippen molar-refractivity contribution < 1.29 is 19.4 Å². The number of likely N-dealkylation sites (tertiary alicyclic amines) is 1. The van der Waals surface area contributed by atoms with E-state index in [1.54, 1.807) is 0 Å².